The number of carbonyl (C=O) groups excluding carboxylic acids is 2. The minimum atomic E-state index is -0.192. The van der Waals surface area contributed by atoms with Gasteiger partial charge in [0.15, 0.2) is 0 Å². The summed E-state index contributed by atoms with van der Waals surface area (Å²) in [5.74, 6) is 3.17. The molecule has 0 bridgehead atoms. The molecule has 0 aromatic heterocycles. The van der Waals surface area contributed by atoms with Gasteiger partial charge < -0.3 is 5.11 Å². The molecule has 4 fully saturated rings. The summed E-state index contributed by atoms with van der Waals surface area (Å²) in [6, 6.07) is 0. The zero-order chi connectivity index (χ0) is 16.4. The number of aliphatic hydroxyl groups excluding tert-OH is 1. The molecule has 0 radical (unpaired) electrons. The van der Waals surface area contributed by atoms with Crippen LogP contribution < -0.4 is 0 Å². The van der Waals surface area contributed by atoms with Crippen molar-refractivity contribution in [3.8, 4) is 0 Å². The van der Waals surface area contributed by atoms with Gasteiger partial charge in [0, 0.05) is 31.3 Å². The van der Waals surface area contributed by atoms with Crippen molar-refractivity contribution in [3.63, 3.8) is 0 Å². The summed E-state index contributed by atoms with van der Waals surface area (Å²) in [5.41, 5.74) is 0.0893. The Hall–Kier alpha value is -0.700. The van der Waals surface area contributed by atoms with Gasteiger partial charge in [0.2, 0.25) is 0 Å². The van der Waals surface area contributed by atoms with Gasteiger partial charge in [0.05, 0.1) is 0 Å². The Kier molecular flexibility index (Phi) is 3.54. The summed E-state index contributed by atoms with van der Waals surface area (Å²) in [6.07, 6.45) is 7.58. The third kappa shape index (κ3) is 2.04. The molecular weight excluding hydrogens is 288 g/mol. The third-order valence-corrected chi connectivity index (χ3v) is 8.56. The van der Waals surface area contributed by atoms with Crippen LogP contribution in [-0.4, -0.2) is 23.3 Å². The minimum absolute atomic E-state index is 0.161. The molecule has 7 atom stereocenters. The highest BCUT2D eigenvalue weighted by Crippen LogP contribution is 2.66. The lowest BCUT2D eigenvalue weighted by Crippen LogP contribution is -2.54. The van der Waals surface area contributed by atoms with Crippen LogP contribution in [0, 0.1) is 40.4 Å². The lowest BCUT2D eigenvalue weighted by atomic mass is 9.44. The molecule has 23 heavy (non-hydrogen) atoms. The van der Waals surface area contributed by atoms with Crippen molar-refractivity contribution >= 4 is 11.6 Å². The van der Waals surface area contributed by atoms with E-state index in [2.05, 4.69) is 13.8 Å². The van der Waals surface area contributed by atoms with E-state index in [0.29, 0.717) is 41.7 Å². The van der Waals surface area contributed by atoms with E-state index in [1.54, 1.807) is 0 Å². The molecule has 0 amide bonds. The molecule has 3 heteroatoms. The van der Waals surface area contributed by atoms with Gasteiger partial charge in [-0.3, -0.25) is 9.59 Å². The van der Waals surface area contributed by atoms with Crippen molar-refractivity contribution < 1.29 is 14.7 Å². The highest BCUT2D eigenvalue weighted by molar-refractivity contribution is 5.87. The van der Waals surface area contributed by atoms with E-state index in [-0.39, 0.29) is 23.4 Å². The van der Waals surface area contributed by atoms with Gasteiger partial charge in [-0.15, -0.1) is 0 Å². The second-order valence-corrected chi connectivity index (χ2v) is 9.35. The lowest BCUT2D eigenvalue weighted by Gasteiger charge is -2.59. The predicted octanol–water partition coefficient (Wildman–Crippen LogP) is 3.39. The largest absolute Gasteiger partial charge is 0.396 e. The summed E-state index contributed by atoms with van der Waals surface area (Å²) >= 11 is 0. The fourth-order valence-corrected chi connectivity index (χ4v) is 7.27. The van der Waals surface area contributed by atoms with Crippen LogP contribution in [0.3, 0.4) is 0 Å². The Bertz CT molecular complexity index is 541. The van der Waals surface area contributed by atoms with Crippen molar-refractivity contribution in [2.24, 2.45) is 40.4 Å². The van der Waals surface area contributed by atoms with Crippen molar-refractivity contribution in [1.82, 2.24) is 0 Å². The molecule has 3 nitrogen and oxygen atoms in total. The van der Waals surface area contributed by atoms with Crippen molar-refractivity contribution in [3.05, 3.63) is 0 Å². The minimum Gasteiger partial charge on any atom is -0.396 e. The molecule has 0 aromatic carbocycles. The molecule has 1 unspecified atom stereocenters. The zero-order valence-electron chi connectivity index (χ0n) is 14.5. The molecule has 128 valence electrons. The van der Waals surface area contributed by atoms with E-state index in [9.17, 15) is 14.7 Å². The Morgan fingerprint density at radius 2 is 1.87 bits per heavy atom. The van der Waals surface area contributed by atoms with Crippen LogP contribution in [0.15, 0.2) is 0 Å². The van der Waals surface area contributed by atoms with Crippen LogP contribution in [0.4, 0.5) is 0 Å². The molecular formula is C20H30O3. The monoisotopic (exact) mass is 318 g/mol. The standard InChI is InChI=1S/C20H30O3/c1-19-7-5-14(22)10-13(19)3-4-15-16(19)6-8-20(2)17(23)9-12(11-21)18(15)20/h12-13,15-16,18,21H,3-11H2,1-2H3/t12?,13-,15+,16-,18-,19-,20+/m0/s1. The molecule has 4 aliphatic carbocycles. The van der Waals surface area contributed by atoms with Crippen LogP contribution in [0.5, 0.6) is 0 Å². The molecule has 0 aromatic rings. The topological polar surface area (TPSA) is 54.4 Å². The Balaban J connectivity index is 1.68. The number of rotatable bonds is 1. The molecule has 4 rings (SSSR count). The first-order valence-electron chi connectivity index (χ1n) is 9.56. The van der Waals surface area contributed by atoms with E-state index < -0.39 is 0 Å². The van der Waals surface area contributed by atoms with E-state index in [4.69, 9.17) is 0 Å². The zero-order valence-corrected chi connectivity index (χ0v) is 14.5. The molecule has 4 saturated carbocycles. The lowest BCUT2D eigenvalue weighted by molar-refractivity contribution is -0.146. The number of hydrogen-bond acceptors (Lipinski definition) is 3. The SMILES string of the molecule is C[C@]12CCC(=O)C[C@@H]1CC[C@@H]1[C@@H]2CC[C@]2(C)C(=O)CC(CO)[C@@H]12. The van der Waals surface area contributed by atoms with Gasteiger partial charge in [0.1, 0.15) is 11.6 Å². The molecule has 0 heterocycles. The highest BCUT2D eigenvalue weighted by Gasteiger charge is 2.62. The second-order valence-electron chi connectivity index (χ2n) is 9.35. The molecule has 0 aliphatic heterocycles. The van der Waals surface area contributed by atoms with Gasteiger partial charge in [0.25, 0.3) is 0 Å². The second kappa shape index (κ2) is 5.15. The molecule has 0 saturated heterocycles. The van der Waals surface area contributed by atoms with Gasteiger partial charge in [-0.2, -0.15) is 0 Å². The number of carbonyl (C=O) groups is 2. The Labute approximate surface area is 139 Å². The van der Waals surface area contributed by atoms with Gasteiger partial charge in [-0.25, -0.2) is 0 Å². The number of fused-ring (bicyclic) bond motifs is 5. The van der Waals surface area contributed by atoms with Crippen molar-refractivity contribution in [1.29, 1.82) is 0 Å². The molecule has 1 N–H and O–H groups in total. The first-order valence-corrected chi connectivity index (χ1v) is 9.56. The average molecular weight is 318 g/mol. The average Bonchev–Trinajstić information content (AvgIpc) is 2.79. The maximum absolute atomic E-state index is 12.6. The maximum atomic E-state index is 12.6. The van der Waals surface area contributed by atoms with Gasteiger partial charge in [-0.1, -0.05) is 13.8 Å². The van der Waals surface area contributed by atoms with Crippen LogP contribution in [-0.2, 0) is 9.59 Å². The normalized spacial score (nSPS) is 52.7. The number of Topliss-reactive ketones (excluding diaryl/α,β-unsaturated/α-hetero) is 2. The van der Waals surface area contributed by atoms with Crippen LogP contribution >= 0.6 is 0 Å². The van der Waals surface area contributed by atoms with Gasteiger partial charge in [-0.05, 0) is 67.1 Å². The van der Waals surface area contributed by atoms with E-state index in [0.717, 1.165) is 44.9 Å². The first-order chi connectivity index (χ1) is 10.9. The Morgan fingerprint density at radius 3 is 2.61 bits per heavy atom. The fourth-order valence-electron chi connectivity index (χ4n) is 7.27. The number of ketones is 2. The summed E-state index contributed by atoms with van der Waals surface area (Å²) in [4.78, 5) is 24.5. The highest BCUT2D eigenvalue weighted by atomic mass is 16.3. The Morgan fingerprint density at radius 1 is 1.09 bits per heavy atom. The van der Waals surface area contributed by atoms with Crippen LogP contribution in [0.1, 0.15) is 65.2 Å². The van der Waals surface area contributed by atoms with E-state index in [1.165, 1.54) is 0 Å². The molecule has 0 spiro atoms. The quantitative estimate of drug-likeness (QED) is 0.806. The molecule has 4 aliphatic rings. The van der Waals surface area contributed by atoms with E-state index in [1.807, 2.05) is 0 Å². The maximum Gasteiger partial charge on any atom is 0.139 e. The van der Waals surface area contributed by atoms with Crippen molar-refractivity contribution in [2.75, 3.05) is 6.61 Å². The van der Waals surface area contributed by atoms with Crippen LogP contribution in [0.2, 0.25) is 0 Å². The summed E-state index contributed by atoms with van der Waals surface area (Å²) in [5, 5.41) is 9.86. The predicted molar refractivity (Wildman–Crippen MR) is 87.7 cm³/mol. The van der Waals surface area contributed by atoms with E-state index >= 15 is 0 Å². The summed E-state index contributed by atoms with van der Waals surface area (Å²) in [7, 11) is 0. The van der Waals surface area contributed by atoms with Crippen molar-refractivity contribution in [2.45, 2.75) is 65.2 Å². The third-order valence-electron chi connectivity index (χ3n) is 8.56. The number of aliphatic hydroxyl groups is 1. The van der Waals surface area contributed by atoms with Crippen LogP contribution in [0.25, 0.3) is 0 Å². The fraction of sp³-hybridized carbons (Fsp3) is 0.900. The smallest absolute Gasteiger partial charge is 0.139 e. The van der Waals surface area contributed by atoms with Gasteiger partial charge >= 0.3 is 0 Å². The first kappa shape index (κ1) is 15.8. The summed E-state index contributed by atoms with van der Waals surface area (Å²) < 4.78 is 0. The summed E-state index contributed by atoms with van der Waals surface area (Å²) in [6.45, 7) is 4.76. The number of hydrogen-bond donors (Lipinski definition) is 1.